The number of rotatable bonds is 7. The zero-order chi connectivity index (χ0) is 14.3. The summed E-state index contributed by atoms with van der Waals surface area (Å²) in [6.45, 7) is 0.176. The number of hydrogen-bond acceptors (Lipinski definition) is 5. The summed E-state index contributed by atoms with van der Waals surface area (Å²) in [4.78, 5) is 22.3. The number of carbonyl (C=O) groups is 2. The fourth-order valence-electron chi connectivity index (χ4n) is 1.45. The molecule has 0 aliphatic rings. The summed E-state index contributed by atoms with van der Waals surface area (Å²) >= 11 is 0. The maximum absolute atomic E-state index is 11.6. The van der Waals surface area contributed by atoms with Crippen molar-refractivity contribution in [1.29, 1.82) is 0 Å². The lowest BCUT2D eigenvalue weighted by molar-refractivity contribution is -0.146. The van der Waals surface area contributed by atoms with Gasteiger partial charge >= 0.3 is 5.97 Å². The van der Waals surface area contributed by atoms with Crippen LogP contribution in [0.15, 0.2) is 30.3 Å². The van der Waals surface area contributed by atoms with Crippen LogP contribution >= 0.6 is 0 Å². The van der Waals surface area contributed by atoms with E-state index in [0.717, 1.165) is 5.56 Å². The van der Waals surface area contributed by atoms with Crippen LogP contribution in [0.25, 0.3) is 0 Å². The van der Waals surface area contributed by atoms with Gasteiger partial charge in [0.05, 0.1) is 6.04 Å². The summed E-state index contributed by atoms with van der Waals surface area (Å²) < 4.78 is 5.06. The summed E-state index contributed by atoms with van der Waals surface area (Å²) in [6.07, 6.45) is 0.522. The Morgan fingerprint density at radius 2 is 1.63 bits per heavy atom. The van der Waals surface area contributed by atoms with E-state index in [9.17, 15) is 9.59 Å². The Labute approximate surface area is 111 Å². The van der Waals surface area contributed by atoms with Crippen LogP contribution in [0.4, 0.5) is 0 Å². The molecule has 0 spiro atoms. The van der Waals surface area contributed by atoms with E-state index in [2.05, 4.69) is 0 Å². The van der Waals surface area contributed by atoms with Gasteiger partial charge in [0.2, 0.25) is 5.91 Å². The molecule has 0 saturated carbocycles. The summed E-state index contributed by atoms with van der Waals surface area (Å²) in [5.74, 6) is -1.12. The predicted octanol–water partition coefficient (Wildman–Crippen LogP) is -0.350. The number of nitrogens with two attached hydrogens (primary N) is 3. The first kappa shape index (κ1) is 15.1. The molecule has 0 aliphatic carbocycles. The molecule has 1 rings (SSSR count). The van der Waals surface area contributed by atoms with Gasteiger partial charge in [-0.2, -0.15) is 0 Å². The number of primary amides is 1. The van der Waals surface area contributed by atoms with E-state index in [1.165, 1.54) is 0 Å². The van der Waals surface area contributed by atoms with E-state index >= 15 is 0 Å². The Kier molecular flexibility index (Phi) is 5.98. The number of carbonyl (C=O) groups excluding carboxylic acids is 2. The van der Waals surface area contributed by atoms with E-state index in [0.29, 0.717) is 0 Å². The van der Waals surface area contributed by atoms with Crippen molar-refractivity contribution in [2.45, 2.75) is 31.5 Å². The molecule has 0 bridgehead atoms. The third-order valence-electron chi connectivity index (χ3n) is 2.68. The molecule has 0 aromatic heterocycles. The van der Waals surface area contributed by atoms with Gasteiger partial charge in [-0.15, -0.1) is 0 Å². The van der Waals surface area contributed by atoms with Gasteiger partial charge in [-0.1, -0.05) is 30.3 Å². The van der Waals surface area contributed by atoms with Gasteiger partial charge in [0, 0.05) is 0 Å². The Hall–Kier alpha value is -1.92. The highest BCUT2D eigenvalue weighted by Gasteiger charge is 2.18. The smallest absolute Gasteiger partial charge is 0.323 e. The average molecular weight is 265 g/mol. The lowest BCUT2D eigenvalue weighted by atomic mass is 10.1. The van der Waals surface area contributed by atoms with Crippen LogP contribution in [0.3, 0.4) is 0 Å². The number of benzene rings is 1. The van der Waals surface area contributed by atoms with Crippen LogP contribution in [0.2, 0.25) is 0 Å². The minimum Gasteiger partial charge on any atom is -0.460 e. The van der Waals surface area contributed by atoms with Gasteiger partial charge in [0.25, 0.3) is 0 Å². The van der Waals surface area contributed by atoms with Gasteiger partial charge < -0.3 is 21.9 Å². The summed E-state index contributed by atoms with van der Waals surface area (Å²) in [7, 11) is 0. The number of ether oxygens (including phenoxy) is 1. The van der Waals surface area contributed by atoms with Crippen LogP contribution in [-0.2, 0) is 20.9 Å². The van der Waals surface area contributed by atoms with Crippen molar-refractivity contribution in [3.63, 3.8) is 0 Å². The second-order valence-corrected chi connectivity index (χ2v) is 4.29. The summed E-state index contributed by atoms with van der Waals surface area (Å²) in [5, 5.41) is 0. The lowest BCUT2D eigenvalue weighted by Gasteiger charge is -2.13. The Morgan fingerprint density at radius 3 is 2.21 bits per heavy atom. The highest BCUT2D eigenvalue weighted by molar-refractivity contribution is 5.80. The standard InChI is InChI=1S/C13H19N3O3/c14-10(12(16)17)6-7-11(15)13(18)19-8-9-4-2-1-3-5-9/h1-5,10-11H,6-8,14-15H2,(H2,16,17)/t10-,11?/m0/s1. The second kappa shape index (κ2) is 7.50. The molecule has 1 aromatic rings. The third kappa shape index (κ3) is 5.50. The summed E-state index contributed by atoms with van der Waals surface area (Å²) in [5.41, 5.74) is 17.0. The first-order valence-corrected chi connectivity index (χ1v) is 6.01. The predicted molar refractivity (Wildman–Crippen MR) is 70.6 cm³/mol. The largest absolute Gasteiger partial charge is 0.460 e. The van der Waals surface area contributed by atoms with E-state index in [1.54, 1.807) is 0 Å². The molecule has 0 heterocycles. The highest BCUT2D eigenvalue weighted by atomic mass is 16.5. The quantitative estimate of drug-likeness (QED) is 0.582. The third-order valence-corrected chi connectivity index (χ3v) is 2.68. The monoisotopic (exact) mass is 265 g/mol. The zero-order valence-corrected chi connectivity index (χ0v) is 10.6. The first-order valence-electron chi connectivity index (χ1n) is 6.01. The van der Waals surface area contributed by atoms with Crippen LogP contribution in [0, 0.1) is 0 Å². The molecule has 0 radical (unpaired) electrons. The van der Waals surface area contributed by atoms with E-state index < -0.39 is 24.0 Å². The highest BCUT2D eigenvalue weighted by Crippen LogP contribution is 2.04. The van der Waals surface area contributed by atoms with Crippen LogP contribution < -0.4 is 17.2 Å². The van der Waals surface area contributed by atoms with Crippen LogP contribution in [-0.4, -0.2) is 24.0 Å². The number of amides is 1. The molecular formula is C13H19N3O3. The molecule has 6 N–H and O–H groups in total. The zero-order valence-electron chi connectivity index (χ0n) is 10.6. The van der Waals surface area contributed by atoms with Gasteiger partial charge in [-0.25, -0.2) is 0 Å². The van der Waals surface area contributed by atoms with E-state index in [-0.39, 0.29) is 19.4 Å². The van der Waals surface area contributed by atoms with E-state index in [4.69, 9.17) is 21.9 Å². The van der Waals surface area contributed by atoms with E-state index in [1.807, 2.05) is 30.3 Å². The molecule has 104 valence electrons. The van der Waals surface area contributed by atoms with Crippen molar-refractivity contribution < 1.29 is 14.3 Å². The topological polar surface area (TPSA) is 121 Å². The Bertz CT molecular complexity index is 422. The molecule has 19 heavy (non-hydrogen) atoms. The number of esters is 1. The number of hydrogen-bond donors (Lipinski definition) is 3. The fraction of sp³-hybridized carbons (Fsp3) is 0.385. The molecule has 0 saturated heterocycles. The second-order valence-electron chi connectivity index (χ2n) is 4.29. The van der Waals surface area contributed by atoms with Crippen molar-refractivity contribution in [2.75, 3.05) is 0 Å². The molecule has 2 atom stereocenters. The molecule has 0 fully saturated rings. The maximum atomic E-state index is 11.6. The SMILES string of the molecule is NC(=O)[C@@H](N)CCC(N)C(=O)OCc1ccccc1. The van der Waals surface area contributed by atoms with Gasteiger partial charge in [0.15, 0.2) is 0 Å². The molecular weight excluding hydrogens is 246 g/mol. The minimum atomic E-state index is -0.797. The van der Waals surface area contributed by atoms with Gasteiger partial charge in [-0.3, -0.25) is 9.59 Å². The molecule has 1 unspecified atom stereocenters. The van der Waals surface area contributed by atoms with Crippen molar-refractivity contribution >= 4 is 11.9 Å². The average Bonchev–Trinajstić information content (AvgIpc) is 2.42. The van der Waals surface area contributed by atoms with Crippen LogP contribution in [0.1, 0.15) is 18.4 Å². The fourth-order valence-corrected chi connectivity index (χ4v) is 1.45. The normalized spacial score (nSPS) is 13.6. The molecule has 6 heteroatoms. The molecule has 1 aromatic carbocycles. The summed E-state index contributed by atoms with van der Waals surface area (Å²) in [6, 6.07) is 7.71. The Balaban J connectivity index is 2.31. The lowest BCUT2D eigenvalue weighted by Crippen LogP contribution is -2.39. The first-order chi connectivity index (χ1) is 9.00. The Morgan fingerprint density at radius 1 is 1.05 bits per heavy atom. The van der Waals surface area contributed by atoms with Crippen molar-refractivity contribution in [1.82, 2.24) is 0 Å². The van der Waals surface area contributed by atoms with Crippen LogP contribution in [0.5, 0.6) is 0 Å². The van der Waals surface area contributed by atoms with Crippen molar-refractivity contribution in [2.24, 2.45) is 17.2 Å². The van der Waals surface area contributed by atoms with Gasteiger partial charge in [0.1, 0.15) is 12.6 Å². The van der Waals surface area contributed by atoms with Crippen molar-refractivity contribution in [3.05, 3.63) is 35.9 Å². The minimum absolute atomic E-state index is 0.176. The molecule has 0 aliphatic heterocycles. The molecule has 6 nitrogen and oxygen atoms in total. The maximum Gasteiger partial charge on any atom is 0.323 e. The van der Waals surface area contributed by atoms with Gasteiger partial charge in [-0.05, 0) is 18.4 Å². The van der Waals surface area contributed by atoms with Crippen molar-refractivity contribution in [3.8, 4) is 0 Å². The molecule has 1 amide bonds.